The van der Waals surface area contributed by atoms with Crippen molar-refractivity contribution >= 4 is 50.4 Å². The Morgan fingerprint density at radius 2 is 1.79 bits per heavy atom. The van der Waals surface area contributed by atoms with E-state index in [1.165, 1.54) is 0 Å². The van der Waals surface area contributed by atoms with Gasteiger partial charge in [0.25, 0.3) is 5.91 Å². The predicted molar refractivity (Wildman–Crippen MR) is 147 cm³/mol. The molecule has 0 spiro atoms. The number of furan rings is 1. The number of methoxy groups -OCH3 is 1. The summed E-state index contributed by atoms with van der Waals surface area (Å²) in [7, 11) is 1.54. The molecule has 7 heteroatoms. The van der Waals surface area contributed by atoms with Gasteiger partial charge in [0.15, 0.2) is 6.10 Å². The lowest BCUT2D eigenvalue weighted by atomic mass is 9.89. The van der Waals surface area contributed by atoms with Crippen molar-refractivity contribution in [1.82, 2.24) is 4.98 Å². The molecule has 0 bridgehead atoms. The standard InChI is InChI=1S/C31H28N2O5/c1-17-12-13-24-22(14-17)29(20-9-4-6-10-23(20)32-24)31(35)37-18(2)30(34)33-25-16-27-21(15-28(25)36-3)19-8-5-7-11-26(19)38-27/h5,7-8,11-16,18H,4,6,9-10H2,1-3H3,(H,33,34). The third-order valence-corrected chi connectivity index (χ3v) is 7.23. The Labute approximate surface area is 219 Å². The number of carbonyl (C=O) groups is 2. The van der Waals surface area contributed by atoms with Gasteiger partial charge in [0.05, 0.1) is 23.9 Å². The van der Waals surface area contributed by atoms with Gasteiger partial charge in [-0.3, -0.25) is 9.78 Å². The summed E-state index contributed by atoms with van der Waals surface area (Å²) in [5.74, 6) is -0.486. The number of hydrogen-bond donors (Lipinski definition) is 1. The summed E-state index contributed by atoms with van der Waals surface area (Å²) < 4.78 is 17.3. The Bertz CT molecular complexity index is 1740. The summed E-state index contributed by atoms with van der Waals surface area (Å²) in [6, 6.07) is 17.2. The molecule has 0 fully saturated rings. The SMILES string of the molecule is COc1cc2c(cc1NC(=O)C(C)OC(=O)c1c3c(nc4ccc(C)cc14)CCCC3)oc1ccccc12. The molecule has 1 aliphatic carbocycles. The Kier molecular flexibility index (Phi) is 5.98. The molecule has 1 atom stereocenters. The van der Waals surface area contributed by atoms with Crippen molar-refractivity contribution < 1.29 is 23.5 Å². The number of hydrogen-bond acceptors (Lipinski definition) is 6. The average Bonchev–Trinajstić information content (AvgIpc) is 3.28. The summed E-state index contributed by atoms with van der Waals surface area (Å²) in [6.45, 7) is 3.55. The fourth-order valence-electron chi connectivity index (χ4n) is 5.30. The molecule has 192 valence electrons. The number of rotatable bonds is 5. The first-order valence-electron chi connectivity index (χ1n) is 12.9. The van der Waals surface area contributed by atoms with E-state index in [1.807, 2.05) is 55.5 Å². The summed E-state index contributed by atoms with van der Waals surface area (Å²) in [6.07, 6.45) is 2.60. The quantitative estimate of drug-likeness (QED) is 0.272. The van der Waals surface area contributed by atoms with E-state index in [4.69, 9.17) is 18.9 Å². The predicted octanol–water partition coefficient (Wildman–Crippen LogP) is 6.51. The molecular formula is C31H28N2O5. The third kappa shape index (κ3) is 4.14. The zero-order valence-corrected chi connectivity index (χ0v) is 21.6. The van der Waals surface area contributed by atoms with Crippen LogP contribution in [-0.4, -0.2) is 30.1 Å². The lowest BCUT2D eigenvalue weighted by Gasteiger charge is -2.21. The van der Waals surface area contributed by atoms with Gasteiger partial charge in [0.1, 0.15) is 16.9 Å². The highest BCUT2D eigenvalue weighted by Gasteiger charge is 2.27. The van der Waals surface area contributed by atoms with Crippen LogP contribution in [0.1, 0.15) is 46.9 Å². The van der Waals surface area contributed by atoms with Crippen LogP contribution in [0.2, 0.25) is 0 Å². The van der Waals surface area contributed by atoms with Crippen molar-refractivity contribution in [3.8, 4) is 5.75 Å². The van der Waals surface area contributed by atoms with E-state index in [-0.39, 0.29) is 0 Å². The minimum atomic E-state index is -1.04. The first-order valence-corrected chi connectivity index (χ1v) is 12.9. The number of aromatic nitrogens is 1. The first kappa shape index (κ1) is 24.0. The number of para-hydroxylation sites is 1. The van der Waals surface area contributed by atoms with Crippen molar-refractivity contribution in [3.63, 3.8) is 0 Å². The highest BCUT2D eigenvalue weighted by atomic mass is 16.5. The second-order valence-corrected chi connectivity index (χ2v) is 9.82. The molecule has 5 aromatic rings. The largest absolute Gasteiger partial charge is 0.495 e. The average molecular weight is 509 g/mol. The first-order chi connectivity index (χ1) is 18.4. The number of aryl methyl sites for hydroxylation is 2. The number of fused-ring (bicyclic) bond motifs is 5. The smallest absolute Gasteiger partial charge is 0.339 e. The van der Waals surface area contributed by atoms with Crippen LogP contribution in [0.5, 0.6) is 5.75 Å². The monoisotopic (exact) mass is 508 g/mol. The number of benzene rings is 3. The van der Waals surface area contributed by atoms with Crippen LogP contribution in [-0.2, 0) is 22.4 Å². The summed E-state index contributed by atoms with van der Waals surface area (Å²) >= 11 is 0. The lowest BCUT2D eigenvalue weighted by molar-refractivity contribution is -0.123. The molecule has 3 aromatic carbocycles. The zero-order chi connectivity index (χ0) is 26.4. The van der Waals surface area contributed by atoms with Crippen LogP contribution in [0.15, 0.2) is 59.0 Å². The molecule has 2 aromatic heterocycles. The van der Waals surface area contributed by atoms with Crippen LogP contribution in [0.25, 0.3) is 32.8 Å². The summed E-state index contributed by atoms with van der Waals surface area (Å²) in [5, 5.41) is 5.46. The molecule has 1 amide bonds. The Morgan fingerprint density at radius 3 is 2.63 bits per heavy atom. The minimum absolute atomic E-state index is 0.439. The molecule has 0 saturated heterocycles. The van der Waals surface area contributed by atoms with Crippen LogP contribution < -0.4 is 10.1 Å². The molecule has 6 rings (SSSR count). The fraction of sp³-hybridized carbons (Fsp3) is 0.258. The number of esters is 1. The van der Waals surface area contributed by atoms with Crippen LogP contribution in [0, 0.1) is 6.92 Å². The van der Waals surface area contributed by atoms with Crippen molar-refractivity contribution in [2.45, 2.75) is 45.6 Å². The molecule has 38 heavy (non-hydrogen) atoms. The lowest BCUT2D eigenvalue weighted by Crippen LogP contribution is -2.30. The molecule has 0 radical (unpaired) electrons. The molecule has 2 heterocycles. The van der Waals surface area contributed by atoms with E-state index in [1.54, 1.807) is 20.1 Å². The van der Waals surface area contributed by atoms with Gasteiger partial charge in [-0.05, 0) is 69.4 Å². The zero-order valence-electron chi connectivity index (χ0n) is 21.6. The molecule has 7 nitrogen and oxygen atoms in total. The van der Waals surface area contributed by atoms with Crippen LogP contribution >= 0.6 is 0 Å². The van der Waals surface area contributed by atoms with Crippen molar-refractivity contribution in [2.75, 3.05) is 12.4 Å². The fourth-order valence-corrected chi connectivity index (χ4v) is 5.30. The Hall–Kier alpha value is -4.39. The van der Waals surface area contributed by atoms with Gasteiger partial charge in [0, 0.05) is 27.9 Å². The van der Waals surface area contributed by atoms with E-state index in [2.05, 4.69) is 5.32 Å². The number of amides is 1. The Morgan fingerprint density at radius 1 is 0.974 bits per heavy atom. The summed E-state index contributed by atoms with van der Waals surface area (Å²) in [5.41, 5.74) is 6.01. The van der Waals surface area contributed by atoms with Gasteiger partial charge in [-0.1, -0.05) is 29.8 Å². The molecule has 0 saturated carbocycles. The van der Waals surface area contributed by atoms with Crippen LogP contribution in [0.4, 0.5) is 5.69 Å². The molecule has 1 N–H and O–H groups in total. The maximum atomic E-state index is 13.5. The molecular weight excluding hydrogens is 480 g/mol. The second kappa shape index (κ2) is 9.49. The number of nitrogens with one attached hydrogen (secondary N) is 1. The number of anilines is 1. The van der Waals surface area contributed by atoms with E-state index in [0.29, 0.717) is 22.6 Å². The van der Waals surface area contributed by atoms with Gasteiger partial charge in [0.2, 0.25) is 0 Å². The molecule has 0 aliphatic heterocycles. The topological polar surface area (TPSA) is 90.7 Å². The van der Waals surface area contributed by atoms with Crippen molar-refractivity contribution in [1.29, 1.82) is 0 Å². The van der Waals surface area contributed by atoms with Gasteiger partial charge < -0.3 is 19.2 Å². The number of pyridine rings is 1. The molecule has 1 unspecified atom stereocenters. The van der Waals surface area contributed by atoms with Crippen molar-refractivity contribution in [3.05, 3.63) is 77.0 Å². The third-order valence-electron chi connectivity index (χ3n) is 7.23. The van der Waals surface area contributed by atoms with Gasteiger partial charge in [-0.2, -0.15) is 0 Å². The van der Waals surface area contributed by atoms with Gasteiger partial charge >= 0.3 is 5.97 Å². The van der Waals surface area contributed by atoms with E-state index in [9.17, 15) is 9.59 Å². The number of nitrogens with zero attached hydrogens (tertiary/aromatic N) is 1. The van der Waals surface area contributed by atoms with Gasteiger partial charge in [-0.25, -0.2) is 4.79 Å². The van der Waals surface area contributed by atoms with Crippen molar-refractivity contribution in [2.24, 2.45) is 0 Å². The normalized spacial score (nSPS) is 13.9. The van der Waals surface area contributed by atoms with E-state index < -0.39 is 18.0 Å². The maximum absolute atomic E-state index is 13.5. The highest BCUT2D eigenvalue weighted by molar-refractivity contribution is 6.09. The molecule has 1 aliphatic rings. The number of ether oxygens (including phenoxy) is 2. The van der Waals surface area contributed by atoms with Gasteiger partial charge in [-0.15, -0.1) is 0 Å². The van der Waals surface area contributed by atoms with Crippen LogP contribution in [0.3, 0.4) is 0 Å². The Balaban J connectivity index is 1.29. The summed E-state index contributed by atoms with van der Waals surface area (Å²) in [4.78, 5) is 31.5. The van der Waals surface area contributed by atoms with E-state index >= 15 is 0 Å². The maximum Gasteiger partial charge on any atom is 0.339 e. The van der Waals surface area contributed by atoms with E-state index in [0.717, 1.165) is 69.8 Å². The second-order valence-electron chi connectivity index (χ2n) is 9.82. The highest BCUT2D eigenvalue weighted by Crippen LogP contribution is 2.36. The minimum Gasteiger partial charge on any atom is -0.495 e. The number of carbonyl (C=O) groups excluding carboxylic acids is 2.